The van der Waals surface area contributed by atoms with Gasteiger partial charge in [0, 0.05) is 18.0 Å². The summed E-state index contributed by atoms with van der Waals surface area (Å²) >= 11 is 12.4. The van der Waals surface area contributed by atoms with E-state index in [2.05, 4.69) is 0 Å². The Hall–Kier alpha value is -1.66. The molecule has 25 heavy (non-hydrogen) atoms. The molecule has 138 valence electrons. The normalized spacial score (nSPS) is 20.5. The summed E-state index contributed by atoms with van der Waals surface area (Å²) in [6.07, 6.45) is -0.468. The highest BCUT2D eigenvalue weighted by Gasteiger charge is 2.43. The minimum absolute atomic E-state index is 0.155. The second-order valence-electron chi connectivity index (χ2n) is 6.90. The van der Waals surface area contributed by atoms with E-state index in [0.717, 1.165) is 0 Å². The quantitative estimate of drug-likeness (QED) is 0.838. The van der Waals surface area contributed by atoms with Gasteiger partial charge in [-0.15, -0.1) is 0 Å². The minimum Gasteiger partial charge on any atom is -0.496 e. The summed E-state index contributed by atoms with van der Waals surface area (Å²) in [7, 11) is 1.50. The number of hydrogen-bond donors (Lipinski definition) is 1. The molecule has 1 fully saturated rings. The first-order valence-electron chi connectivity index (χ1n) is 7.79. The van der Waals surface area contributed by atoms with Crippen molar-refractivity contribution in [1.82, 2.24) is 4.90 Å². The van der Waals surface area contributed by atoms with E-state index >= 15 is 0 Å². The molecule has 0 saturated carbocycles. The number of halogens is 2. The predicted octanol–water partition coefficient (Wildman–Crippen LogP) is 4.18. The molecule has 0 radical (unpaired) electrons. The number of benzene rings is 1. The SMILES string of the molecule is COc1ccc(Cl)c(Cl)c1[C@H]1C[C@@H](C(=O)O)N(C(=O)OC(C)(C)C)C1. The summed E-state index contributed by atoms with van der Waals surface area (Å²) in [5.74, 6) is -0.908. The lowest BCUT2D eigenvalue weighted by Gasteiger charge is -2.27. The molecule has 0 unspecified atom stereocenters. The van der Waals surface area contributed by atoms with E-state index in [1.54, 1.807) is 32.9 Å². The third-order valence-corrected chi connectivity index (χ3v) is 4.75. The molecule has 0 bridgehead atoms. The van der Waals surface area contributed by atoms with E-state index in [0.29, 0.717) is 21.4 Å². The van der Waals surface area contributed by atoms with Crippen LogP contribution in [0.25, 0.3) is 0 Å². The predicted molar refractivity (Wildman–Crippen MR) is 94.7 cm³/mol. The first kappa shape index (κ1) is 19.7. The fraction of sp³-hybridized carbons (Fsp3) is 0.529. The van der Waals surface area contributed by atoms with Crippen LogP contribution >= 0.6 is 23.2 Å². The van der Waals surface area contributed by atoms with Gasteiger partial charge < -0.3 is 14.6 Å². The molecule has 1 aliphatic rings. The van der Waals surface area contributed by atoms with Crippen molar-refractivity contribution >= 4 is 35.3 Å². The Morgan fingerprint density at radius 1 is 1.28 bits per heavy atom. The fourth-order valence-corrected chi connectivity index (χ4v) is 3.38. The van der Waals surface area contributed by atoms with Crippen molar-refractivity contribution in [3.8, 4) is 5.75 Å². The standard InChI is InChI=1S/C17H21Cl2NO5/c1-17(2,3)25-16(23)20-8-9(7-11(20)15(21)22)13-12(24-4)6-5-10(18)14(13)19/h5-6,9,11H,7-8H2,1-4H3,(H,21,22)/t9-,11-/m0/s1. The van der Waals surface area contributed by atoms with Crippen molar-refractivity contribution in [2.45, 2.75) is 44.8 Å². The maximum Gasteiger partial charge on any atom is 0.411 e. The summed E-state index contributed by atoms with van der Waals surface area (Å²) in [6, 6.07) is 2.29. The first-order chi connectivity index (χ1) is 11.5. The topological polar surface area (TPSA) is 76.1 Å². The van der Waals surface area contributed by atoms with Crippen LogP contribution in [0.2, 0.25) is 10.0 Å². The van der Waals surface area contributed by atoms with Crippen LogP contribution in [0.3, 0.4) is 0 Å². The van der Waals surface area contributed by atoms with Gasteiger partial charge in [-0.3, -0.25) is 4.90 Å². The summed E-state index contributed by atoms with van der Waals surface area (Å²) in [5, 5.41) is 10.2. The summed E-state index contributed by atoms with van der Waals surface area (Å²) in [6.45, 7) is 5.34. The second kappa shape index (κ2) is 7.30. The van der Waals surface area contributed by atoms with Gasteiger partial charge in [-0.25, -0.2) is 9.59 Å². The Kier molecular flexibility index (Phi) is 5.74. The molecule has 1 aromatic carbocycles. The fourth-order valence-electron chi connectivity index (χ4n) is 2.91. The van der Waals surface area contributed by atoms with Gasteiger partial charge in [-0.2, -0.15) is 0 Å². The number of hydrogen-bond acceptors (Lipinski definition) is 4. The minimum atomic E-state index is -1.09. The number of carboxylic acids is 1. The van der Waals surface area contributed by atoms with Crippen LogP contribution < -0.4 is 4.74 Å². The molecule has 2 atom stereocenters. The van der Waals surface area contributed by atoms with Gasteiger partial charge in [0.15, 0.2) is 0 Å². The maximum absolute atomic E-state index is 12.4. The van der Waals surface area contributed by atoms with Crippen LogP contribution in [0.4, 0.5) is 4.79 Å². The first-order valence-corrected chi connectivity index (χ1v) is 8.55. The number of nitrogens with zero attached hydrogens (tertiary/aromatic N) is 1. The highest BCUT2D eigenvalue weighted by Crippen LogP contribution is 2.43. The summed E-state index contributed by atoms with van der Waals surface area (Å²) in [4.78, 5) is 25.3. The summed E-state index contributed by atoms with van der Waals surface area (Å²) in [5.41, 5.74) is -0.113. The average molecular weight is 390 g/mol. The monoisotopic (exact) mass is 389 g/mol. The second-order valence-corrected chi connectivity index (χ2v) is 7.68. The van der Waals surface area contributed by atoms with E-state index in [1.165, 1.54) is 12.0 Å². The number of aliphatic carboxylic acids is 1. The zero-order valence-electron chi connectivity index (χ0n) is 14.5. The van der Waals surface area contributed by atoms with Crippen molar-refractivity contribution in [2.75, 3.05) is 13.7 Å². The van der Waals surface area contributed by atoms with Crippen molar-refractivity contribution in [3.05, 3.63) is 27.7 Å². The number of methoxy groups -OCH3 is 1. The number of amides is 1. The van der Waals surface area contributed by atoms with E-state index in [4.69, 9.17) is 32.7 Å². The van der Waals surface area contributed by atoms with Crippen LogP contribution in [0, 0.1) is 0 Å². The Bertz CT molecular complexity index is 686. The van der Waals surface area contributed by atoms with E-state index < -0.39 is 23.7 Å². The van der Waals surface area contributed by atoms with Crippen LogP contribution in [0.15, 0.2) is 12.1 Å². The van der Waals surface area contributed by atoms with Crippen LogP contribution in [0.1, 0.15) is 38.7 Å². The molecule has 0 spiro atoms. The van der Waals surface area contributed by atoms with Crippen LogP contribution in [-0.2, 0) is 9.53 Å². The number of carbonyl (C=O) groups excluding carboxylic acids is 1. The number of carboxylic acid groups (broad SMARTS) is 1. The molecule has 1 heterocycles. The third kappa shape index (κ3) is 4.30. The van der Waals surface area contributed by atoms with Gasteiger partial charge >= 0.3 is 12.1 Å². The zero-order valence-corrected chi connectivity index (χ0v) is 16.0. The van der Waals surface area contributed by atoms with Gasteiger partial charge in [-0.1, -0.05) is 23.2 Å². The Labute approximate surface area is 156 Å². The summed E-state index contributed by atoms with van der Waals surface area (Å²) < 4.78 is 10.7. The van der Waals surface area contributed by atoms with Gasteiger partial charge in [0.2, 0.25) is 0 Å². The lowest BCUT2D eigenvalue weighted by atomic mass is 9.95. The number of rotatable bonds is 3. The molecule has 1 aliphatic heterocycles. The lowest BCUT2D eigenvalue weighted by molar-refractivity contribution is -0.142. The van der Waals surface area contributed by atoms with Gasteiger partial charge in [0.25, 0.3) is 0 Å². The highest BCUT2D eigenvalue weighted by atomic mass is 35.5. The molecule has 1 aromatic rings. The molecule has 1 saturated heterocycles. The number of likely N-dealkylation sites (tertiary alicyclic amines) is 1. The Morgan fingerprint density at radius 2 is 1.92 bits per heavy atom. The zero-order chi connectivity index (χ0) is 18.9. The van der Waals surface area contributed by atoms with E-state index in [-0.39, 0.29) is 18.9 Å². The Morgan fingerprint density at radius 3 is 2.44 bits per heavy atom. The molecule has 0 aromatic heterocycles. The van der Waals surface area contributed by atoms with E-state index in [9.17, 15) is 14.7 Å². The van der Waals surface area contributed by atoms with Gasteiger partial charge in [0.1, 0.15) is 17.4 Å². The molecular formula is C17H21Cl2NO5. The molecule has 0 aliphatic carbocycles. The molecule has 1 amide bonds. The van der Waals surface area contributed by atoms with Crippen molar-refractivity contribution in [1.29, 1.82) is 0 Å². The number of carbonyl (C=O) groups is 2. The molecule has 2 rings (SSSR count). The highest BCUT2D eigenvalue weighted by molar-refractivity contribution is 6.42. The maximum atomic E-state index is 12.4. The van der Waals surface area contributed by atoms with Crippen LogP contribution in [-0.4, -0.2) is 47.4 Å². The Balaban J connectivity index is 2.36. The average Bonchev–Trinajstić information content (AvgIpc) is 2.93. The van der Waals surface area contributed by atoms with E-state index in [1.807, 2.05) is 0 Å². The number of ether oxygens (including phenoxy) is 2. The molecule has 8 heteroatoms. The molecule has 6 nitrogen and oxygen atoms in total. The van der Waals surface area contributed by atoms with Gasteiger partial charge in [0.05, 0.1) is 17.2 Å². The molecular weight excluding hydrogens is 369 g/mol. The smallest absolute Gasteiger partial charge is 0.411 e. The van der Waals surface area contributed by atoms with Crippen molar-refractivity contribution in [2.24, 2.45) is 0 Å². The third-order valence-electron chi connectivity index (χ3n) is 3.93. The van der Waals surface area contributed by atoms with Crippen molar-refractivity contribution < 1.29 is 24.2 Å². The van der Waals surface area contributed by atoms with Crippen LogP contribution in [0.5, 0.6) is 5.75 Å². The van der Waals surface area contributed by atoms with Gasteiger partial charge in [-0.05, 0) is 39.3 Å². The lowest BCUT2D eigenvalue weighted by Crippen LogP contribution is -2.43. The van der Waals surface area contributed by atoms with Crippen molar-refractivity contribution in [3.63, 3.8) is 0 Å². The molecule has 1 N–H and O–H groups in total. The largest absolute Gasteiger partial charge is 0.496 e.